The number of likely N-dealkylation sites (N-methyl/N-ethyl adjacent to an activating group) is 1. The maximum absolute atomic E-state index is 4.41. The third-order valence-electron chi connectivity index (χ3n) is 3.58. The van der Waals surface area contributed by atoms with Gasteiger partial charge in [0.15, 0.2) is 0 Å². The van der Waals surface area contributed by atoms with E-state index in [-0.39, 0.29) is 0 Å². The Morgan fingerprint density at radius 1 is 1.30 bits per heavy atom. The lowest BCUT2D eigenvalue weighted by atomic mass is 9.94. The molecule has 0 saturated carbocycles. The molecule has 1 aromatic carbocycles. The quantitative estimate of drug-likeness (QED) is 0.842. The summed E-state index contributed by atoms with van der Waals surface area (Å²) in [6, 6.07) is 8.76. The van der Waals surface area contributed by atoms with Crippen LogP contribution in [0.5, 0.6) is 0 Å². The number of benzene rings is 1. The average Bonchev–Trinajstić information content (AvgIpc) is 2.90. The van der Waals surface area contributed by atoms with E-state index >= 15 is 0 Å². The van der Waals surface area contributed by atoms with Crippen LogP contribution < -0.4 is 5.32 Å². The molecule has 1 N–H and O–H groups in total. The minimum absolute atomic E-state index is 0.435. The summed E-state index contributed by atoms with van der Waals surface area (Å²) in [6.07, 6.45) is 2.57. The SMILES string of the molecule is CCNCC(Cc1ncnn1CC)c1cccc(C)c1. The van der Waals surface area contributed by atoms with Crippen molar-refractivity contribution in [2.24, 2.45) is 0 Å². The molecule has 1 unspecified atom stereocenters. The molecule has 0 radical (unpaired) electrons. The van der Waals surface area contributed by atoms with Crippen LogP contribution in [-0.2, 0) is 13.0 Å². The van der Waals surface area contributed by atoms with E-state index < -0.39 is 0 Å². The summed E-state index contributed by atoms with van der Waals surface area (Å²) in [5.41, 5.74) is 2.68. The normalized spacial score (nSPS) is 12.6. The molecule has 108 valence electrons. The topological polar surface area (TPSA) is 42.7 Å². The zero-order valence-corrected chi connectivity index (χ0v) is 12.6. The molecule has 0 amide bonds. The van der Waals surface area contributed by atoms with Crippen molar-refractivity contribution < 1.29 is 0 Å². The summed E-state index contributed by atoms with van der Waals surface area (Å²) in [5.74, 6) is 1.50. The van der Waals surface area contributed by atoms with Crippen LogP contribution in [0, 0.1) is 6.92 Å². The Hall–Kier alpha value is -1.68. The van der Waals surface area contributed by atoms with Crippen LogP contribution in [0.1, 0.15) is 36.7 Å². The summed E-state index contributed by atoms with van der Waals surface area (Å²) in [6.45, 7) is 9.21. The predicted octanol–water partition coefficient (Wildman–Crippen LogP) is 2.54. The molecule has 2 aromatic rings. The maximum atomic E-state index is 4.41. The van der Waals surface area contributed by atoms with E-state index in [0.29, 0.717) is 5.92 Å². The molecule has 0 aliphatic carbocycles. The Morgan fingerprint density at radius 2 is 2.15 bits per heavy atom. The first-order chi connectivity index (χ1) is 9.74. The minimum atomic E-state index is 0.435. The van der Waals surface area contributed by atoms with Crippen molar-refractivity contribution in [3.63, 3.8) is 0 Å². The zero-order valence-electron chi connectivity index (χ0n) is 12.6. The van der Waals surface area contributed by atoms with Crippen molar-refractivity contribution in [2.45, 2.75) is 39.7 Å². The van der Waals surface area contributed by atoms with Gasteiger partial charge in [-0.25, -0.2) is 4.98 Å². The molecule has 4 heteroatoms. The van der Waals surface area contributed by atoms with Crippen molar-refractivity contribution in [3.05, 3.63) is 47.5 Å². The number of nitrogens with zero attached hydrogens (tertiary/aromatic N) is 3. The molecular weight excluding hydrogens is 248 g/mol. The van der Waals surface area contributed by atoms with Gasteiger partial charge >= 0.3 is 0 Å². The predicted molar refractivity (Wildman–Crippen MR) is 81.9 cm³/mol. The summed E-state index contributed by atoms with van der Waals surface area (Å²) >= 11 is 0. The van der Waals surface area contributed by atoms with Crippen LogP contribution in [0.25, 0.3) is 0 Å². The Labute approximate surface area is 121 Å². The van der Waals surface area contributed by atoms with Crippen LogP contribution in [-0.4, -0.2) is 27.9 Å². The van der Waals surface area contributed by atoms with E-state index in [2.05, 4.69) is 60.4 Å². The van der Waals surface area contributed by atoms with Gasteiger partial charge in [-0.15, -0.1) is 0 Å². The number of aromatic nitrogens is 3. The van der Waals surface area contributed by atoms with Gasteiger partial charge in [-0.3, -0.25) is 4.68 Å². The number of aryl methyl sites for hydroxylation is 2. The van der Waals surface area contributed by atoms with Crippen molar-refractivity contribution >= 4 is 0 Å². The van der Waals surface area contributed by atoms with Gasteiger partial charge in [0.25, 0.3) is 0 Å². The van der Waals surface area contributed by atoms with Crippen LogP contribution in [0.3, 0.4) is 0 Å². The highest BCUT2D eigenvalue weighted by atomic mass is 15.3. The second-order valence-electron chi connectivity index (χ2n) is 5.11. The van der Waals surface area contributed by atoms with Crippen molar-refractivity contribution in [1.29, 1.82) is 0 Å². The van der Waals surface area contributed by atoms with Crippen molar-refractivity contribution in [3.8, 4) is 0 Å². The number of nitrogens with one attached hydrogen (secondary N) is 1. The van der Waals surface area contributed by atoms with Gasteiger partial charge in [0.2, 0.25) is 0 Å². The molecule has 0 aliphatic heterocycles. The highest BCUT2D eigenvalue weighted by Gasteiger charge is 2.15. The first kappa shape index (κ1) is 14.7. The fraction of sp³-hybridized carbons (Fsp3) is 0.500. The van der Waals surface area contributed by atoms with Gasteiger partial charge < -0.3 is 5.32 Å². The van der Waals surface area contributed by atoms with Gasteiger partial charge in [-0.05, 0) is 26.0 Å². The average molecular weight is 272 g/mol. The lowest BCUT2D eigenvalue weighted by Gasteiger charge is -2.18. The highest BCUT2D eigenvalue weighted by molar-refractivity contribution is 5.26. The molecular formula is C16H24N4. The molecule has 0 aliphatic rings. The molecule has 1 aromatic heterocycles. The molecule has 0 spiro atoms. The molecule has 0 bridgehead atoms. The maximum Gasteiger partial charge on any atom is 0.138 e. The van der Waals surface area contributed by atoms with E-state index in [1.54, 1.807) is 6.33 Å². The standard InChI is InChI=1S/C16H24N4/c1-4-17-11-15(14-8-6-7-13(3)9-14)10-16-18-12-19-20(16)5-2/h6-9,12,15,17H,4-5,10-11H2,1-3H3. The number of hydrogen-bond donors (Lipinski definition) is 1. The molecule has 0 fully saturated rings. The van der Waals surface area contributed by atoms with Crippen LogP contribution >= 0.6 is 0 Å². The lowest BCUT2D eigenvalue weighted by Crippen LogP contribution is -2.24. The Morgan fingerprint density at radius 3 is 2.85 bits per heavy atom. The minimum Gasteiger partial charge on any atom is -0.316 e. The highest BCUT2D eigenvalue weighted by Crippen LogP contribution is 2.20. The Bertz CT molecular complexity index is 533. The smallest absolute Gasteiger partial charge is 0.138 e. The van der Waals surface area contributed by atoms with E-state index in [0.717, 1.165) is 31.9 Å². The third-order valence-corrected chi connectivity index (χ3v) is 3.58. The van der Waals surface area contributed by atoms with Crippen molar-refractivity contribution in [1.82, 2.24) is 20.1 Å². The summed E-state index contributed by atoms with van der Waals surface area (Å²) in [4.78, 5) is 4.41. The molecule has 0 saturated heterocycles. The first-order valence-electron chi connectivity index (χ1n) is 7.38. The molecule has 2 rings (SSSR count). The molecule has 20 heavy (non-hydrogen) atoms. The molecule has 4 nitrogen and oxygen atoms in total. The van der Waals surface area contributed by atoms with Crippen LogP contribution in [0.4, 0.5) is 0 Å². The Kier molecular flexibility index (Phi) is 5.30. The second kappa shape index (κ2) is 7.20. The van der Waals surface area contributed by atoms with Gasteiger partial charge in [0, 0.05) is 25.4 Å². The third kappa shape index (κ3) is 3.67. The van der Waals surface area contributed by atoms with Gasteiger partial charge in [-0.1, -0.05) is 36.8 Å². The fourth-order valence-electron chi connectivity index (χ4n) is 2.48. The Balaban J connectivity index is 2.19. The number of rotatable bonds is 7. The van der Waals surface area contributed by atoms with E-state index in [4.69, 9.17) is 0 Å². The van der Waals surface area contributed by atoms with Gasteiger partial charge in [0.05, 0.1) is 0 Å². The number of hydrogen-bond acceptors (Lipinski definition) is 3. The summed E-state index contributed by atoms with van der Waals surface area (Å²) < 4.78 is 1.98. The second-order valence-corrected chi connectivity index (χ2v) is 5.11. The van der Waals surface area contributed by atoms with Crippen molar-refractivity contribution in [2.75, 3.05) is 13.1 Å². The first-order valence-corrected chi connectivity index (χ1v) is 7.38. The van der Waals surface area contributed by atoms with E-state index in [1.165, 1.54) is 11.1 Å². The zero-order chi connectivity index (χ0) is 14.4. The van der Waals surface area contributed by atoms with Crippen LogP contribution in [0.15, 0.2) is 30.6 Å². The largest absolute Gasteiger partial charge is 0.316 e. The van der Waals surface area contributed by atoms with Crippen LogP contribution in [0.2, 0.25) is 0 Å². The summed E-state index contributed by atoms with van der Waals surface area (Å²) in [7, 11) is 0. The summed E-state index contributed by atoms with van der Waals surface area (Å²) in [5, 5.41) is 7.72. The monoisotopic (exact) mass is 272 g/mol. The van der Waals surface area contributed by atoms with Gasteiger partial charge in [-0.2, -0.15) is 5.10 Å². The van der Waals surface area contributed by atoms with E-state index in [9.17, 15) is 0 Å². The van der Waals surface area contributed by atoms with Gasteiger partial charge in [0.1, 0.15) is 12.2 Å². The molecule has 1 heterocycles. The lowest BCUT2D eigenvalue weighted by molar-refractivity contribution is 0.544. The fourth-order valence-corrected chi connectivity index (χ4v) is 2.48. The molecule has 1 atom stereocenters. The van der Waals surface area contributed by atoms with E-state index in [1.807, 2.05) is 4.68 Å².